The molecule has 112 valence electrons. The molecular formula is C13H28N4O2. The fourth-order valence-corrected chi connectivity index (χ4v) is 1.84. The van der Waals surface area contributed by atoms with Crippen molar-refractivity contribution in [1.29, 1.82) is 0 Å². The van der Waals surface area contributed by atoms with Crippen molar-refractivity contribution in [2.45, 2.75) is 40.2 Å². The predicted molar refractivity (Wildman–Crippen MR) is 77.1 cm³/mol. The van der Waals surface area contributed by atoms with Crippen LogP contribution in [-0.4, -0.2) is 48.0 Å². The molecule has 0 aromatic rings. The number of likely N-dealkylation sites (N-methyl/N-ethyl adjacent to an activating group) is 1. The van der Waals surface area contributed by atoms with Gasteiger partial charge in [0.1, 0.15) is 5.92 Å². The van der Waals surface area contributed by atoms with Crippen LogP contribution in [0.15, 0.2) is 5.16 Å². The summed E-state index contributed by atoms with van der Waals surface area (Å²) in [6.45, 7) is 9.35. The van der Waals surface area contributed by atoms with E-state index in [0.717, 1.165) is 13.0 Å². The maximum atomic E-state index is 12.0. The molecule has 0 radical (unpaired) electrons. The van der Waals surface area contributed by atoms with Crippen molar-refractivity contribution in [2.24, 2.45) is 22.7 Å². The third-order valence-corrected chi connectivity index (χ3v) is 3.49. The summed E-state index contributed by atoms with van der Waals surface area (Å²) in [5.41, 5.74) is 5.55. The second kappa shape index (κ2) is 8.74. The highest BCUT2D eigenvalue weighted by Crippen LogP contribution is 2.11. The largest absolute Gasteiger partial charge is 0.409 e. The van der Waals surface area contributed by atoms with Crippen LogP contribution in [0.25, 0.3) is 0 Å². The molecule has 0 aliphatic carbocycles. The number of amidine groups is 1. The van der Waals surface area contributed by atoms with Gasteiger partial charge in [0.05, 0.1) is 0 Å². The molecule has 0 bridgehead atoms. The highest BCUT2D eigenvalue weighted by Gasteiger charge is 2.26. The number of hydrogen-bond acceptors (Lipinski definition) is 4. The highest BCUT2D eigenvalue weighted by molar-refractivity contribution is 6.02. The van der Waals surface area contributed by atoms with E-state index < -0.39 is 5.92 Å². The van der Waals surface area contributed by atoms with Crippen LogP contribution in [0.1, 0.15) is 34.1 Å². The molecule has 0 fully saturated rings. The zero-order valence-electron chi connectivity index (χ0n) is 12.7. The third-order valence-electron chi connectivity index (χ3n) is 3.49. The van der Waals surface area contributed by atoms with Gasteiger partial charge in [-0.25, -0.2) is 0 Å². The normalized spacial score (nSPS) is 15.6. The zero-order valence-corrected chi connectivity index (χ0v) is 12.7. The van der Waals surface area contributed by atoms with E-state index >= 15 is 0 Å². The first-order chi connectivity index (χ1) is 8.84. The smallest absolute Gasteiger partial charge is 0.231 e. The molecule has 4 N–H and O–H groups in total. The van der Waals surface area contributed by atoms with Gasteiger partial charge in [-0.05, 0) is 26.3 Å². The fraction of sp³-hybridized carbons (Fsp3) is 0.846. The summed E-state index contributed by atoms with van der Waals surface area (Å²) >= 11 is 0. The van der Waals surface area contributed by atoms with E-state index in [0.29, 0.717) is 12.6 Å². The average molecular weight is 272 g/mol. The van der Waals surface area contributed by atoms with Crippen LogP contribution < -0.4 is 11.1 Å². The first-order valence-electron chi connectivity index (χ1n) is 6.80. The lowest BCUT2D eigenvalue weighted by Gasteiger charge is -2.24. The SMILES string of the molecule is CCC(C)N(C)CCNC(=O)C(C(N)=NO)C(C)C. The minimum absolute atomic E-state index is 0.0109. The molecular weight excluding hydrogens is 244 g/mol. The van der Waals surface area contributed by atoms with E-state index in [1.807, 2.05) is 20.9 Å². The Morgan fingerprint density at radius 3 is 2.42 bits per heavy atom. The lowest BCUT2D eigenvalue weighted by atomic mass is 9.94. The van der Waals surface area contributed by atoms with Crippen molar-refractivity contribution in [3.63, 3.8) is 0 Å². The lowest BCUT2D eigenvalue weighted by Crippen LogP contribution is -2.44. The van der Waals surface area contributed by atoms with Gasteiger partial charge < -0.3 is 21.2 Å². The molecule has 1 amide bonds. The van der Waals surface area contributed by atoms with Gasteiger partial charge in [-0.3, -0.25) is 4.79 Å². The van der Waals surface area contributed by atoms with Crippen LogP contribution in [0.5, 0.6) is 0 Å². The second-order valence-electron chi connectivity index (χ2n) is 5.28. The zero-order chi connectivity index (χ0) is 15.0. The molecule has 2 unspecified atom stereocenters. The van der Waals surface area contributed by atoms with Gasteiger partial charge in [0.2, 0.25) is 5.91 Å². The molecule has 0 aliphatic rings. The molecule has 6 nitrogen and oxygen atoms in total. The Hall–Kier alpha value is -1.30. The fourth-order valence-electron chi connectivity index (χ4n) is 1.84. The predicted octanol–water partition coefficient (Wildman–Crippen LogP) is 0.852. The molecule has 0 saturated carbocycles. The van der Waals surface area contributed by atoms with Gasteiger partial charge in [-0.15, -0.1) is 0 Å². The molecule has 0 aromatic heterocycles. The standard InChI is InChI=1S/C13H28N4O2/c1-6-10(4)17(5)8-7-15-13(18)11(9(2)3)12(14)16-19/h9-11,19H,6-8H2,1-5H3,(H2,14,16)(H,15,18). The van der Waals surface area contributed by atoms with Gasteiger partial charge >= 0.3 is 0 Å². The van der Waals surface area contributed by atoms with Crippen LogP contribution in [0.3, 0.4) is 0 Å². The number of nitrogens with two attached hydrogens (primary N) is 1. The molecule has 0 heterocycles. The molecule has 0 aliphatic heterocycles. The Balaban J connectivity index is 4.29. The van der Waals surface area contributed by atoms with Gasteiger partial charge in [0.15, 0.2) is 5.84 Å². The first-order valence-corrected chi connectivity index (χ1v) is 6.80. The van der Waals surface area contributed by atoms with Crippen molar-refractivity contribution < 1.29 is 10.0 Å². The highest BCUT2D eigenvalue weighted by atomic mass is 16.4. The maximum absolute atomic E-state index is 12.0. The van der Waals surface area contributed by atoms with Gasteiger partial charge in [0.25, 0.3) is 0 Å². The number of nitrogens with one attached hydrogen (secondary N) is 1. The molecule has 2 atom stereocenters. The van der Waals surface area contributed by atoms with Crippen LogP contribution >= 0.6 is 0 Å². The van der Waals surface area contributed by atoms with Gasteiger partial charge in [-0.1, -0.05) is 25.9 Å². The summed E-state index contributed by atoms with van der Waals surface area (Å²) in [6, 6.07) is 0.488. The maximum Gasteiger partial charge on any atom is 0.231 e. The van der Waals surface area contributed by atoms with Crippen LogP contribution in [0.2, 0.25) is 0 Å². The van der Waals surface area contributed by atoms with Crippen molar-refractivity contribution in [3.05, 3.63) is 0 Å². The third kappa shape index (κ3) is 5.92. The molecule has 0 saturated heterocycles. The van der Waals surface area contributed by atoms with Gasteiger partial charge in [-0.2, -0.15) is 0 Å². The summed E-state index contributed by atoms with van der Waals surface area (Å²) in [4.78, 5) is 14.2. The Labute approximate surface area is 116 Å². The Morgan fingerprint density at radius 1 is 1.42 bits per heavy atom. The van der Waals surface area contributed by atoms with Crippen molar-refractivity contribution in [3.8, 4) is 0 Å². The van der Waals surface area contributed by atoms with E-state index in [9.17, 15) is 4.79 Å². The summed E-state index contributed by atoms with van der Waals surface area (Å²) < 4.78 is 0. The molecule has 0 spiro atoms. The van der Waals surface area contributed by atoms with E-state index in [4.69, 9.17) is 10.9 Å². The summed E-state index contributed by atoms with van der Waals surface area (Å²) in [5, 5.41) is 14.5. The molecule has 0 aromatic carbocycles. The number of rotatable bonds is 8. The number of carbonyl (C=O) groups is 1. The summed E-state index contributed by atoms with van der Waals surface area (Å²) in [6.07, 6.45) is 1.07. The number of oxime groups is 1. The van der Waals surface area contributed by atoms with Gasteiger partial charge in [0, 0.05) is 19.1 Å². The summed E-state index contributed by atoms with van der Waals surface area (Å²) in [7, 11) is 2.03. The lowest BCUT2D eigenvalue weighted by molar-refractivity contribution is -0.124. The first kappa shape index (κ1) is 17.7. The second-order valence-corrected chi connectivity index (χ2v) is 5.28. The van der Waals surface area contributed by atoms with Crippen LogP contribution in [-0.2, 0) is 4.79 Å². The average Bonchev–Trinajstić information content (AvgIpc) is 2.36. The van der Waals surface area contributed by atoms with E-state index in [-0.39, 0.29) is 17.7 Å². The topological polar surface area (TPSA) is 91.0 Å². The Bertz CT molecular complexity index is 305. The number of amides is 1. The van der Waals surface area contributed by atoms with E-state index in [1.165, 1.54) is 0 Å². The van der Waals surface area contributed by atoms with Crippen molar-refractivity contribution in [1.82, 2.24) is 10.2 Å². The molecule has 19 heavy (non-hydrogen) atoms. The van der Waals surface area contributed by atoms with Crippen molar-refractivity contribution in [2.75, 3.05) is 20.1 Å². The van der Waals surface area contributed by atoms with Crippen LogP contribution in [0.4, 0.5) is 0 Å². The van der Waals surface area contributed by atoms with E-state index in [2.05, 4.69) is 29.2 Å². The minimum atomic E-state index is -0.584. The quantitative estimate of drug-likeness (QED) is 0.264. The number of carbonyl (C=O) groups excluding carboxylic acids is 1. The monoisotopic (exact) mass is 272 g/mol. The Morgan fingerprint density at radius 2 is 2.00 bits per heavy atom. The molecule has 0 rings (SSSR count). The molecule has 6 heteroatoms. The Kier molecular flexibility index (Phi) is 8.14. The number of hydrogen-bond donors (Lipinski definition) is 3. The minimum Gasteiger partial charge on any atom is -0.409 e. The number of nitrogens with zero attached hydrogens (tertiary/aromatic N) is 2. The van der Waals surface area contributed by atoms with Crippen molar-refractivity contribution >= 4 is 11.7 Å². The van der Waals surface area contributed by atoms with Crippen LogP contribution in [0, 0.1) is 11.8 Å². The summed E-state index contributed by atoms with van der Waals surface area (Å²) in [5.74, 6) is -0.826. The van der Waals surface area contributed by atoms with E-state index in [1.54, 1.807) is 0 Å².